The number of benzene rings is 1. The number of methoxy groups -OCH3 is 1. The summed E-state index contributed by atoms with van der Waals surface area (Å²) in [4.78, 5) is 14.3. The first kappa shape index (κ1) is 13.7. The van der Waals surface area contributed by atoms with E-state index < -0.39 is 0 Å². The number of carbonyl (C=O) groups is 1. The van der Waals surface area contributed by atoms with Gasteiger partial charge in [0.2, 0.25) is 0 Å². The van der Waals surface area contributed by atoms with Crippen molar-refractivity contribution in [3.8, 4) is 5.75 Å². The molecule has 2 amide bonds. The van der Waals surface area contributed by atoms with Crippen LogP contribution < -0.4 is 10.1 Å². The molecule has 4 heteroatoms. The maximum absolute atomic E-state index is 12.3. The Bertz CT molecular complexity index is 420. The molecule has 0 aliphatic carbocycles. The highest BCUT2D eigenvalue weighted by Crippen LogP contribution is 2.24. The van der Waals surface area contributed by atoms with Gasteiger partial charge in [-0.15, -0.1) is 0 Å². The first-order valence-corrected chi connectivity index (χ1v) is 6.85. The quantitative estimate of drug-likeness (QED) is 0.886. The largest absolute Gasteiger partial charge is 0.497 e. The molecule has 0 aromatic heterocycles. The molecule has 0 radical (unpaired) electrons. The fourth-order valence-corrected chi connectivity index (χ4v) is 2.68. The fraction of sp³-hybridized carbons (Fsp3) is 0.533. The van der Waals surface area contributed by atoms with Crippen LogP contribution in [0.25, 0.3) is 0 Å². The topological polar surface area (TPSA) is 41.6 Å². The van der Waals surface area contributed by atoms with E-state index in [4.69, 9.17) is 4.74 Å². The Morgan fingerprint density at radius 3 is 2.32 bits per heavy atom. The van der Waals surface area contributed by atoms with Crippen LogP contribution in [0.1, 0.15) is 33.1 Å². The number of likely N-dealkylation sites (tertiary alicyclic amines) is 1. The first-order chi connectivity index (χ1) is 9.11. The Kier molecular flexibility index (Phi) is 4.30. The van der Waals surface area contributed by atoms with Crippen molar-refractivity contribution in [2.24, 2.45) is 0 Å². The van der Waals surface area contributed by atoms with Crippen LogP contribution in [-0.4, -0.2) is 30.1 Å². The standard InChI is InChI=1S/C15H22N2O2/c1-11-5-4-6-12(2)17(11)15(18)16-13-7-9-14(19-3)10-8-13/h7-12H,4-6H2,1-3H3,(H,16,18)/t11-,12-/m1/s1. The molecule has 2 rings (SSSR count). The molecule has 4 nitrogen and oxygen atoms in total. The summed E-state index contributed by atoms with van der Waals surface area (Å²) < 4.78 is 5.10. The van der Waals surface area contributed by atoms with Crippen molar-refractivity contribution in [3.63, 3.8) is 0 Å². The molecule has 1 aromatic carbocycles. The lowest BCUT2D eigenvalue weighted by atomic mass is 9.98. The Morgan fingerprint density at radius 2 is 1.79 bits per heavy atom. The van der Waals surface area contributed by atoms with E-state index in [-0.39, 0.29) is 6.03 Å². The highest BCUT2D eigenvalue weighted by Gasteiger charge is 2.28. The van der Waals surface area contributed by atoms with Crippen LogP contribution >= 0.6 is 0 Å². The minimum absolute atomic E-state index is 0.00938. The van der Waals surface area contributed by atoms with Crippen LogP contribution in [0, 0.1) is 0 Å². The zero-order valence-corrected chi connectivity index (χ0v) is 11.8. The summed E-state index contributed by atoms with van der Waals surface area (Å²) in [7, 11) is 1.63. The van der Waals surface area contributed by atoms with Gasteiger partial charge in [0.15, 0.2) is 0 Å². The zero-order chi connectivity index (χ0) is 13.8. The lowest BCUT2D eigenvalue weighted by Crippen LogP contribution is -2.49. The van der Waals surface area contributed by atoms with Gasteiger partial charge in [0, 0.05) is 17.8 Å². The van der Waals surface area contributed by atoms with Crippen molar-refractivity contribution < 1.29 is 9.53 Å². The average Bonchev–Trinajstić information content (AvgIpc) is 2.39. The van der Waals surface area contributed by atoms with Gasteiger partial charge in [-0.05, 0) is 57.4 Å². The number of piperidine rings is 1. The van der Waals surface area contributed by atoms with Crippen molar-refractivity contribution in [1.29, 1.82) is 0 Å². The molecule has 1 heterocycles. The van der Waals surface area contributed by atoms with Gasteiger partial charge in [-0.2, -0.15) is 0 Å². The molecule has 1 saturated heterocycles. The Hall–Kier alpha value is -1.71. The van der Waals surface area contributed by atoms with Gasteiger partial charge in [0.05, 0.1) is 7.11 Å². The third-order valence-corrected chi connectivity index (χ3v) is 3.77. The molecule has 1 aromatic rings. The third-order valence-electron chi connectivity index (χ3n) is 3.77. The molecule has 1 fully saturated rings. The monoisotopic (exact) mass is 262 g/mol. The summed E-state index contributed by atoms with van der Waals surface area (Å²) in [6.45, 7) is 4.23. The zero-order valence-electron chi connectivity index (χ0n) is 11.8. The fourth-order valence-electron chi connectivity index (χ4n) is 2.68. The van der Waals surface area contributed by atoms with Crippen molar-refractivity contribution in [2.45, 2.75) is 45.2 Å². The number of hydrogen-bond acceptors (Lipinski definition) is 2. The van der Waals surface area contributed by atoms with Crippen molar-refractivity contribution in [3.05, 3.63) is 24.3 Å². The van der Waals surface area contributed by atoms with Crippen molar-refractivity contribution in [1.82, 2.24) is 4.90 Å². The summed E-state index contributed by atoms with van der Waals surface area (Å²) in [5.74, 6) is 0.790. The second kappa shape index (κ2) is 5.95. The lowest BCUT2D eigenvalue weighted by molar-refractivity contribution is 0.133. The molecule has 19 heavy (non-hydrogen) atoms. The number of anilines is 1. The summed E-state index contributed by atoms with van der Waals surface area (Å²) >= 11 is 0. The van der Waals surface area contributed by atoms with E-state index in [1.165, 1.54) is 6.42 Å². The van der Waals surface area contributed by atoms with Crippen LogP contribution in [0.2, 0.25) is 0 Å². The molecule has 0 unspecified atom stereocenters. The highest BCUT2D eigenvalue weighted by molar-refractivity contribution is 5.89. The number of nitrogens with zero attached hydrogens (tertiary/aromatic N) is 1. The van der Waals surface area contributed by atoms with Gasteiger partial charge in [0.25, 0.3) is 0 Å². The maximum Gasteiger partial charge on any atom is 0.322 e. The number of ether oxygens (including phenoxy) is 1. The van der Waals surface area contributed by atoms with E-state index >= 15 is 0 Å². The number of carbonyl (C=O) groups excluding carboxylic acids is 1. The van der Waals surface area contributed by atoms with Crippen molar-refractivity contribution >= 4 is 11.7 Å². The van der Waals surface area contributed by atoms with E-state index in [0.717, 1.165) is 24.3 Å². The second-order valence-corrected chi connectivity index (χ2v) is 5.19. The summed E-state index contributed by atoms with van der Waals surface area (Å²) in [5, 5.41) is 2.96. The van der Waals surface area contributed by atoms with Gasteiger partial charge >= 0.3 is 6.03 Å². The predicted molar refractivity (Wildman–Crippen MR) is 76.6 cm³/mol. The van der Waals surface area contributed by atoms with Gasteiger partial charge in [0.1, 0.15) is 5.75 Å². The summed E-state index contributed by atoms with van der Waals surface area (Å²) in [6, 6.07) is 8.01. The smallest absolute Gasteiger partial charge is 0.322 e. The van der Waals surface area contributed by atoms with Crippen LogP contribution in [0.15, 0.2) is 24.3 Å². The normalized spacial score (nSPS) is 23.0. The maximum atomic E-state index is 12.3. The lowest BCUT2D eigenvalue weighted by Gasteiger charge is -2.38. The third kappa shape index (κ3) is 3.19. The van der Waals surface area contributed by atoms with Crippen molar-refractivity contribution in [2.75, 3.05) is 12.4 Å². The summed E-state index contributed by atoms with van der Waals surface area (Å²) in [5.41, 5.74) is 0.802. The Labute approximate surface area is 114 Å². The molecule has 104 valence electrons. The molecule has 1 N–H and O–H groups in total. The number of hydrogen-bond donors (Lipinski definition) is 1. The molecule has 2 atom stereocenters. The molecular formula is C15H22N2O2. The summed E-state index contributed by atoms with van der Waals surface area (Å²) in [6.07, 6.45) is 3.37. The number of rotatable bonds is 2. The second-order valence-electron chi connectivity index (χ2n) is 5.19. The van der Waals surface area contributed by atoms with Crippen LogP contribution in [0.4, 0.5) is 10.5 Å². The molecule has 1 aliphatic heterocycles. The van der Waals surface area contributed by atoms with Gasteiger partial charge in [-0.3, -0.25) is 0 Å². The van der Waals surface area contributed by atoms with E-state index in [1.54, 1.807) is 7.11 Å². The minimum atomic E-state index is -0.00938. The van der Waals surface area contributed by atoms with Gasteiger partial charge in [-0.25, -0.2) is 4.79 Å². The van der Waals surface area contributed by atoms with Crippen LogP contribution in [-0.2, 0) is 0 Å². The molecule has 0 bridgehead atoms. The van der Waals surface area contributed by atoms with E-state index in [2.05, 4.69) is 19.2 Å². The Morgan fingerprint density at radius 1 is 1.21 bits per heavy atom. The SMILES string of the molecule is COc1ccc(NC(=O)N2[C@H](C)CCC[C@H]2C)cc1. The van der Waals surface area contributed by atoms with E-state index in [9.17, 15) is 4.79 Å². The van der Waals surface area contributed by atoms with Gasteiger partial charge in [-0.1, -0.05) is 0 Å². The predicted octanol–water partition coefficient (Wildman–Crippen LogP) is 3.49. The molecular weight excluding hydrogens is 240 g/mol. The Balaban J connectivity index is 2.02. The molecule has 0 spiro atoms. The minimum Gasteiger partial charge on any atom is -0.497 e. The van der Waals surface area contributed by atoms with E-state index in [0.29, 0.717) is 12.1 Å². The van der Waals surface area contributed by atoms with Gasteiger partial charge < -0.3 is 15.0 Å². The molecule has 0 saturated carbocycles. The average molecular weight is 262 g/mol. The number of amides is 2. The van der Waals surface area contributed by atoms with Crippen LogP contribution in [0.5, 0.6) is 5.75 Å². The van der Waals surface area contributed by atoms with Crippen LogP contribution in [0.3, 0.4) is 0 Å². The first-order valence-electron chi connectivity index (χ1n) is 6.85. The number of nitrogens with one attached hydrogen (secondary N) is 1. The molecule has 1 aliphatic rings. The highest BCUT2D eigenvalue weighted by atomic mass is 16.5. The number of urea groups is 1. The van der Waals surface area contributed by atoms with E-state index in [1.807, 2.05) is 29.2 Å².